The zero-order chi connectivity index (χ0) is 10.9. The average Bonchev–Trinajstić information content (AvgIpc) is 2.69. The molecule has 2 bridgehead atoms. The number of fused-ring (bicyclic) bond motifs is 2. The van der Waals surface area contributed by atoms with Gasteiger partial charge in [0.25, 0.3) is 0 Å². The summed E-state index contributed by atoms with van der Waals surface area (Å²) in [5.41, 5.74) is 0. The molecular weight excluding hydrogens is 196 g/mol. The first kappa shape index (κ1) is 10.3. The van der Waals surface area contributed by atoms with E-state index in [0.29, 0.717) is 19.6 Å². The average molecular weight is 210 g/mol. The summed E-state index contributed by atoms with van der Waals surface area (Å²) in [5.74, 6) is 2.52. The van der Waals surface area contributed by atoms with Gasteiger partial charge in [-0.1, -0.05) is 5.92 Å². The first-order chi connectivity index (χ1) is 7.13. The number of nitrogens with one attached hydrogen (secondary N) is 1. The third kappa shape index (κ3) is 2.06. The Bertz CT molecular complexity index is 312. The third-order valence-corrected chi connectivity index (χ3v) is 3.11. The first-order valence-corrected chi connectivity index (χ1v) is 5.08. The van der Waals surface area contributed by atoms with Gasteiger partial charge in [-0.15, -0.1) is 6.42 Å². The van der Waals surface area contributed by atoms with Crippen LogP contribution in [0.3, 0.4) is 0 Å². The number of carbonyl (C=O) groups excluding carboxylic acids is 1. The molecular formula is C10H14N2O3. The maximum absolute atomic E-state index is 11.8. The number of ether oxygens (including phenoxy) is 1. The number of carbonyl (C=O) groups is 1. The molecule has 15 heavy (non-hydrogen) atoms. The smallest absolute Gasteiger partial charge is 0.408 e. The van der Waals surface area contributed by atoms with Gasteiger partial charge in [-0.2, -0.15) is 0 Å². The molecule has 2 aliphatic rings. The van der Waals surface area contributed by atoms with Crippen LogP contribution >= 0.6 is 0 Å². The Morgan fingerprint density at radius 3 is 3.00 bits per heavy atom. The SMILES string of the molecule is C#CCNC(=O)OC1C[N+]2([O-])CCC1C2. The summed E-state index contributed by atoms with van der Waals surface area (Å²) < 4.78 is 4.95. The van der Waals surface area contributed by atoms with Crippen LogP contribution in [0.1, 0.15) is 6.42 Å². The van der Waals surface area contributed by atoms with E-state index in [2.05, 4.69) is 11.2 Å². The van der Waals surface area contributed by atoms with Gasteiger partial charge in [0.05, 0.1) is 25.6 Å². The second kappa shape index (κ2) is 3.72. The van der Waals surface area contributed by atoms with Gasteiger partial charge in [-0.05, 0) is 0 Å². The second-order valence-electron chi connectivity index (χ2n) is 4.20. The first-order valence-electron chi connectivity index (χ1n) is 5.08. The van der Waals surface area contributed by atoms with E-state index in [9.17, 15) is 10.0 Å². The van der Waals surface area contributed by atoms with Crippen LogP contribution in [0.4, 0.5) is 4.79 Å². The van der Waals surface area contributed by atoms with Crippen molar-refractivity contribution >= 4 is 6.09 Å². The number of nitrogens with zero attached hydrogens (tertiary/aromatic N) is 1. The lowest BCUT2D eigenvalue weighted by Crippen LogP contribution is -2.43. The van der Waals surface area contributed by atoms with Gasteiger partial charge in [0.15, 0.2) is 6.10 Å². The fourth-order valence-electron chi connectivity index (χ4n) is 2.39. The monoisotopic (exact) mass is 210 g/mol. The topological polar surface area (TPSA) is 61.4 Å². The Morgan fingerprint density at radius 1 is 1.67 bits per heavy atom. The summed E-state index contributed by atoms with van der Waals surface area (Å²) in [4.78, 5) is 11.2. The van der Waals surface area contributed by atoms with Crippen LogP contribution < -0.4 is 5.32 Å². The number of hydrogen-bond donors (Lipinski definition) is 1. The standard InChI is InChI=1S/C10H14N2O3/c1-2-4-11-10(13)15-9-7-12(14)5-3-8(9)6-12/h1,8-9H,3-7H2,(H,11,13). The molecule has 1 amide bonds. The van der Waals surface area contributed by atoms with Crippen molar-refractivity contribution in [3.8, 4) is 12.3 Å². The lowest BCUT2D eigenvalue weighted by Gasteiger charge is -2.36. The fourth-order valence-corrected chi connectivity index (χ4v) is 2.39. The molecule has 1 N–H and O–H groups in total. The number of quaternary nitrogens is 1. The molecule has 2 aliphatic heterocycles. The minimum atomic E-state index is -0.515. The molecule has 2 fully saturated rings. The quantitative estimate of drug-likeness (QED) is 0.398. The lowest BCUT2D eigenvalue weighted by molar-refractivity contribution is -0.861. The van der Waals surface area contributed by atoms with Gasteiger partial charge in [0, 0.05) is 6.42 Å². The van der Waals surface area contributed by atoms with E-state index in [1.807, 2.05) is 0 Å². The highest BCUT2D eigenvalue weighted by molar-refractivity contribution is 5.67. The van der Waals surface area contributed by atoms with Gasteiger partial charge < -0.3 is 19.9 Å². The molecule has 0 aromatic carbocycles. The van der Waals surface area contributed by atoms with Crippen molar-refractivity contribution in [1.29, 1.82) is 0 Å². The molecule has 82 valence electrons. The highest BCUT2D eigenvalue weighted by Gasteiger charge is 2.48. The van der Waals surface area contributed by atoms with Crippen molar-refractivity contribution in [2.45, 2.75) is 12.5 Å². The van der Waals surface area contributed by atoms with Crippen LogP contribution in [-0.2, 0) is 4.74 Å². The minimum absolute atomic E-state index is 0.160. The molecule has 0 radical (unpaired) electrons. The second-order valence-corrected chi connectivity index (χ2v) is 4.20. The van der Waals surface area contributed by atoms with Gasteiger partial charge >= 0.3 is 6.09 Å². The van der Waals surface area contributed by atoms with Gasteiger partial charge in [-0.25, -0.2) is 4.79 Å². The number of piperidine rings is 1. The summed E-state index contributed by atoms with van der Waals surface area (Å²) in [5, 5.41) is 14.2. The Kier molecular flexibility index (Phi) is 2.55. The molecule has 3 unspecified atom stereocenters. The molecule has 0 spiro atoms. The van der Waals surface area contributed by atoms with Gasteiger partial charge in [-0.3, -0.25) is 0 Å². The highest BCUT2D eigenvalue weighted by Crippen LogP contribution is 2.35. The number of terminal acetylenes is 1. The molecule has 5 heteroatoms. The Hall–Kier alpha value is -1.25. The van der Waals surface area contributed by atoms with E-state index in [1.165, 1.54) is 0 Å². The Morgan fingerprint density at radius 2 is 2.47 bits per heavy atom. The van der Waals surface area contributed by atoms with E-state index in [4.69, 9.17) is 11.2 Å². The van der Waals surface area contributed by atoms with Crippen molar-refractivity contribution in [2.75, 3.05) is 26.2 Å². The number of alkyl carbamates (subject to hydrolysis) is 1. The van der Waals surface area contributed by atoms with Crippen molar-refractivity contribution in [3.05, 3.63) is 5.21 Å². The summed E-state index contributed by atoms with van der Waals surface area (Å²) in [6.45, 7) is 1.81. The van der Waals surface area contributed by atoms with Crippen LogP contribution in [0.15, 0.2) is 0 Å². The fraction of sp³-hybridized carbons (Fsp3) is 0.700. The van der Waals surface area contributed by atoms with Crippen LogP contribution in [-0.4, -0.2) is 43.0 Å². The van der Waals surface area contributed by atoms with E-state index in [1.54, 1.807) is 0 Å². The van der Waals surface area contributed by atoms with Crippen molar-refractivity contribution in [2.24, 2.45) is 5.92 Å². The summed E-state index contributed by atoms with van der Waals surface area (Å²) in [6.07, 6.45) is 5.11. The molecule has 0 saturated carbocycles. The molecule has 0 aliphatic carbocycles. The van der Waals surface area contributed by atoms with Crippen molar-refractivity contribution in [1.82, 2.24) is 5.32 Å². The largest absolute Gasteiger partial charge is 0.633 e. The third-order valence-electron chi connectivity index (χ3n) is 3.11. The van der Waals surface area contributed by atoms with Crippen LogP contribution in [0, 0.1) is 23.5 Å². The minimum Gasteiger partial charge on any atom is -0.633 e. The molecule has 2 saturated heterocycles. The highest BCUT2D eigenvalue weighted by atomic mass is 16.6. The molecule has 2 heterocycles. The van der Waals surface area contributed by atoms with Crippen LogP contribution in [0.2, 0.25) is 0 Å². The zero-order valence-corrected chi connectivity index (χ0v) is 8.44. The summed E-state index contributed by atoms with van der Waals surface area (Å²) in [6, 6.07) is 0. The zero-order valence-electron chi connectivity index (χ0n) is 8.44. The van der Waals surface area contributed by atoms with Crippen molar-refractivity contribution < 1.29 is 14.2 Å². The lowest BCUT2D eigenvalue weighted by atomic mass is 10.0. The van der Waals surface area contributed by atoms with E-state index in [-0.39, 0.29) is 23.2 Å². The molecule has 3 atom stereocenters. The van der Waals surface area contributed by atoms with Crippen LogP contribution in [0.25, 0.3) is 0 Å². The predicted molar refractivity (Wildman–Crippen MR) is 53.4 cm³/mol. The van der Waals surface area contributed by atoms with Crippen molar-refractivity contribution in [3.63, 3.8) is 0 Å². The Balaban J connectivity index is 1.82. The van der Waals surface area contributed by atoms with E-state index < -0.39 is 6.09 Å². The molecule has 5 nitrogen and oxygen atoms in total. The van der Waals surface area contributed by atoms with E-state index >= 15 is 0 Å². The number of rotatable bonds is 2. The molecule has 0 aromatic rings. The normalized spacial score (nSPS) is 37.3. The predicted octanol–water partition coefficient (Wildman–Crippen LogP) is 0.0625. The maximum atomic E-state index is 11.8. The number of hydroxylamine groups is 3. The summed E-state index contributed by atoms with van der Waals surface area (Å²) >= 11 is 0. The number of amides is 1. The molecule has 2 rings (SSSR count). The number of hydrogen-bond acceptors (Lipinski definition) is 3. The Labute approximate surface area is 88.6 Å². The molecule has 0 aromatic heterocycles. The van der Waals surface area contributed by atoms with E-state index in [0.717, 1.165) is 6.42 Å². The van der Waals surface area contributed by atoms with Gasteiger partial charge in [0.1, 0.15) is 6.54 Å². The van der Waals surface area contributed by atoms with Gasteiger partial charge in [0.2, 0.25) is 0 Å². The summed E-state index contributed by atoms with van der Waals surface area (Å²) in [7, 11) is 0. The maximum Gasteiger partial charge on any atom is 0.408 e. The van der Waals surface area contributed by atoms with Crippen LogP contribution in [0.5, 0.6) is 0 Å².